The van der Waals surface area contributed by atoms with Gasteiger partial charge in [0.2, 0.25) is 5.91 Å². The third-order valence-electron chi connectivity index (χ3n) is 5.24. The summed E-state index contributed by atoms with van der Waals surface area (Å²) in [5.41, 5.74) is 1.93. The second-order valence-electron chi connectivity index (χ2n) is 7.30. The predicted octanol–water partition coefficient (Wildman–Crippen LogP) is 4.44. The molecule has 0 saturated heterocycles. The molecule has 0 atom stereocenters. The zero-order valence-corrected chi connectivity index (χ0v) is 20.1. The minimum Gasteiger partial charge on any atom is -0.383 e. The largest absolute Gasteiger partial charge is 0.383 e. The molecule has 6 nitrogen and oxygen atoms in total. The Labute approximate surface area is 193 Å². The van der Waals surface area contributed by atoms with E-state index in [0.717, 1.165) is 46.5 Å². The number of carbonyl (C=O) groups excluding carboxylic acids is 1. The van der Waals surface area contributed by atoms with Gasteiger partial charge < -0.3 is 10.1 Å². The molecular weight excluding hydrogens is 450 g/mol. The zero-order valence-electron chi connectivity index (χ0n) is 17.6. The number of thiophene rings is 1. The molecule has 1 aliphatic rings. The number of thioether (sulfide) groups is 2. The molecule has 0 bridgehead atoms. The number of carbonyl (C=O) groups is 1. The molecule has 2 aromatic heterocycles. The fourth-order valence-electron chi connectivity index (χ4n) is 3.74. The van der Waals surface area contributed by atoms with Crippen LogP contribution >= 0.6 is 34.9 Å². The van der Waals surface area contributed by atoms with Gasteiger partial charge in [-0.25, -0.2) is 4.98 Å². The maximum absolute atomic E-state index is 13.4. The lowest BCUT2D eigenvalue weighted by atomic mass is 9.97. The lowest BCUT2D eigenvalue weighted by Gasteiger charge is -2.13. The minimum absolute atomic E-state index is 0.0166. The standard InChI is InChI=1S/C22H25N3O3S3/c1-28-11-10-25-21(27)19-16-8-3-4-9-17(16)31-20(19)24-22(25)30-13-18(26)23-14-6-5-7-15(12-14)29-2/h5-7,12H,3-4,8-11,13H2,1-2H3,(H,23,26). The number of fused-ring (bicyclic) bond motifs is 3. The van der Waals surface area contributed by atoms with Gasteiger partial charge in [0, 0.05) is 22.6 Å². The Balaban J connectivity index is 1.58. The van der Waals surface area contributed by atoms with Gasteiger partial charge in [0.25, 0.3) is 5.56 Å². The van der Waals surface area contributed by atoms with E-state index >= 15 is 0 Å². The Kier molecular flexibility index (Phi) is 7.37. The topological polar surface area (TPSA) is 73.2 Å². The number of amides is 1. The van der Waals surface area contributed by atoms with Crippen LogP contribution in [0.3, 0.4) is 0 Å². The number of aromatic nitrogens is 2. The van der Waals surface area contributed by atoms with Gasteiger partial charge >= 0.3 is 0 Å². The van der Waals surface area contributed by atoms with Gasteiger partial charge in [-0.1, -0.05) is 17.8 Å². The summed E-state index contributed by atoms with van der Waals surface area (Å²) in [6.07, 6.45) is 6.25. The second-order valence-corrected chi connectivity index (χ2v) is 10.2. The van der Waals surface area contributed by atoms with Crippen LogP contribution in [-0.4, -0.2) is 41.2 Å². The Morgan fingerprint density at radius 1 is 1.32 bits per heavy atom. The quantitative estimate of drug-likeness (QED) is 0.384. The Hall–Kier alpha value is -1.81. The van der Waals surface area contributed by atoms with Gasteiger partial charge in [0.1, 0.15) is 4.83 Å². The van der Waals surface area contributed by atoms with Gasteiger partial charge in [-0.2, -0.15) is 0 Å². The first-order valence-corrected chi connectivity index (χ1v) is 13.2. The smallest absolute Gasteiger partial charge is 0.263 e. The molecule has 9 heteroatoms. The third kappa shape index (κ3) is 5.00. The van der Waals surface area contributed by atoms with Crippen LogP contribution in [0.15, 0.2) is 39.1 Å². The first-order chi connectivity index (χ1) is 15.1. The molecule has 0 fully saturated rings. The molecule has 1 amide bonds. The summed E-state index contributed by atoms with van der Waals surface area (Å²) >= 11 is 4.55. The molecule has 0 aliphatic heterocycles. The highest BCUT2D eigenvalue weighted by Gasteiger charge is 2.22. The molecular formula is C22H25N3O3S3. The van der Waals surface area contributed by atoms with Crippen molar-refractivity contribution < 1.29 is 9.53 Å². The highest BCUT2D eigenvalue weighted by molar-refractivity contribution is 7.99. The molecule has 1 aromatic carbocycles. The lowest BCUT2D eigenvalue weighted by molar-refractivity contribution is -0.113. The van der Waals surface area contributed by atoms with E-state index in [1.807, 2.05) is 30.5 Å². The van der Waals surface area contributed by atoms with E-state index in [0.29, 0.717) is 18.3 Å². The number of nitrogens with zero attached hydrogens (tertiary/aromatic N) is 2. The fraction of sp³-hybridized carbons (Fsp3) is 0.409. The highest BCUT2D eigenvalue weighted by atomic mass is 32.2. The molecule has 3 aromatic rings. The van der Waals surface area contributed by atoms with Crippen LogP contribution in [0.2, 0.25) is 0 Å². The molecule has 4 rings (SSSR count). The van der Waals surface area contributed by atoms with E-state index < -0.39 is 0 Å². The summed E-state index contributed by atoms with van der Waals surface area (Å²) in [6, 6.07) is 7.74. The van der Waals surface area contributed by atoms with Gasteiger partial charge in [-0.3, -0.25) is 14.2 Å². The highest BCUT2D eigenvalue weighted by Crippen LogP contribution is 2.34. The van der Waals surface area contributed by atoms with Crippen molar-refractivity contribution in [3.8, 4) is 0 Å². The van der Waals surface area contributed by atoms with Crippen molar-refractivity contribution in [1.29, 1.82) is 0 Å². The van der Waals surface area contributed by atoms with E-state index in [-0.39, 0.29) is 17.2 Å². The molecule has 164 valence electrons. The number of anilines is 1. The summed E-state index contributed by atoms with van der Waals surface area (Å²) in [6.45, 7) is 0.837. The summed E-state index contributed by atoms with van der Waals surface area (Å²) in [4.78, 5) is 33.9. The first kappa shape index (κ1) is 22.4. The van der Waals surface area contributed by atoms with Crippen molar-refractivity contribution in [2.24, 2.45) is 0 Å². The summed E-state index contributed by atoms with van der Waals surface area (Å²) in [5, 5.41) is 4.26. The average Bonchev–Trinajstić information content (AvgIpc) is 3.16. The van der Waals surface area contributed by atoms with Crippen LogP contribution < -0.4 is 10.9 Å². The number of hydrogen-bond donors (Lipinski definition) is 1. The Bertz CT molecular complexity index is 1160. The van der Waals surface area contributed by atoms with Gasteiger partial charge in [0.15, 0.2) is 5.16 Å². The summed E-state index contributed by atoms with van der Waals surface area (Å²) in [5.74, 6) is 0.0563. The second kappa shape index (κ2) is 10.2. The van der Waals surface area contributed by atoms with E-state index in [4.69, 9.17) is 9.72 Å². The molecule has 2 heterocycles. The van der Waals surface area contributed by atoms with Crippen molar-refractivity contribution in [2.75, 3.05) is 31.0 Å². The fourth-order valence-corrected chi connectivity index (χ4v) is 6.33. The van der Waals surface area contributed by atoms with E-state index in [1.54, 1.807) is 34.8 Å². The maximum atomic E-state index is 13.4. The van der Waals surface area contributed by atoms with Crippen molar-refractivity contribution in [3.63, 3.8) is 0 Å². The number of ether oxygens (including phenoxy) is 1. The summed E-state index contributed by atoms with van der Waals surface area (Å²) in [7, 11) is 1.62. The Morgan fingerprint density at radius 3 is 2.97 bits per heavy atom. The van der Waals surface area contributed by atoms with E-state index in [9.17, 15) is 9.59 Å². The Morgan fingerprint density at radius 2 is 2.16 bits per heavy atom. The van der Waals surface area contributed by atoms with E-state index in [2.05, 4.69) is 5.32 Å². The number of rotatable bonds is 8. The number of methoxy groups -OCH3 is 1. The maximum Gasteiger partial charge on any atom is 0.263 e. The molecule has 0 unspecified atom stereocenters. The van der Waals surface area contributed by atoms with Crippen LogP contribution in [-0.2, 0) is 28.9 Å². The van der Waals surface area contributed by atoms with Gasteiger partial charge in [-0.05, 0) is 55.7 Å². The monoisotopic (exact) mass is 475 g/mol. The van der Waals surface area contributed by atoms with Crippen LogP contribution in [0.25, 0.3) is 10.2 Å². The van der Waals surface area contributed by atoms with E-state index in [1.165, 1.54) is 22.2 Å². The number of aryl methyl sites for hydroxylation is 2. The minimum atomic E-state index is -0.124. The van der Waals surface area contributed by atoms with Crippen molar-refractivity contribution in [3.05, 3.63) is 45.1 Å². The molecule has 1 aliphatic carbocycles. The van der Waals surface area contributed by atoms with Gasteiger partial charge in [-0.15, -0.1) is 23.1 Å². The third-order valence-corrected chi connectivity index (χ3v) is 8.13. The summed E-state index contributed by atoms with van der Waals surface area (Å²) < 4.78 is 6.88. The molecule has 0 saturated carbocycles. The molecule has 1 N–H and O–H groups in total. The van der Waals surface area contributed by atoms with Crippen molar-refractivity contribution >= 4 is 56.7 Å². The van der Waals surface area contributed by atoms with Crippen molar-refractivity contribution in [1.82, 2.24) is 9.55 Å². The SMILES string of the molecule is COCCn1c(SCC(=O)Nc2cccc(SC)c2)nc2sc3c(c2c1=O)CCCC3. The number of benzene rings is 1. The number of hydrogen-bond acceptors (Lipinski definition) is 7. The van der Waals surface area contributed by atoms with Crippen molar-refractivity contribution in [2.45, 2.75) is 42.3 Å². The van der Waals surface area contributed by atoms with Crippen LogP contribution in [0.1, 0.15) is 23.3 Å². The van der Waals surface area contributed by atoms with Crippen LogP contribution in [0.4, 0.5) is 5.69 Å². The molecule has 31 heavy (non-hydrogen) atoms. The molecule has 0 radical (unpaired) electrons. The van der Waals surface area contributed by atoms with Gasteiger partial charge in [0.05, 0.1) is 24.3 Å². The van der Waals surface area contributed by atoms with Crippen LogP contribution in [0, 0.1) is 0 Å². The average molecular weight is 476 g/mol. The lowest BCUT2D eigenvalue weighted by Crippen LogP contribution is -2.26. The zero-order chi connectivity index (χ0) is 21.8. The normalized spacial score (nSPS) is 13.4. The first-order valence-electron chi connectivity index (χ1n) is 10.2. The predicted molar refractivity (Wildman–Crippen MR) is 130 cm³/mol. The van der Waals surface area contributed by atoms with Crippen LogP contribution in [0.5, 0.6) is 0 Å². The number of nitrogens with one attached hydrogen (secondary N) is 1. The molecule has 0 spiro atoms.